The number of hydrogen-bond donors (Lipinski definition) is 1. The van der Waals surface area contributed by atoms with Gasteiger partial charge in [-0.2, -0.15) is 0 Å². The molecule has 0 saturated carbocycles. The van der Waals surface area contributed by atoms with E-state index < -0.39 is 0 Å². The highest BCUT2D eigenvalue weighted by atomic mass is 16.2. The molecule has 1 aliphatic rings. The van der Waals surface area contributed by atoms with E-state index in [1.165, 1.54) is 10.6 Å². The van der Waals surface area contributed by atoms with Crippen LogP contribution in [0.4, 0.5) is 5.82 Å². The van der Waals surface area contributed by atoms with Crippen LogP contribution in [-0.2, 0) is 7.05 Å². The molecule has 0 bridgehead atoms. The molecular formula is C25H24N6O2. The molecule has 1 fully saturated rings. The molecular weight excluding hydrogens is 416 g/mol. The van der Waals surface area contributed by atoms with Gasteiger partial charge in [0.1, 0.15) is 5.82 Å². The Labute approximate surface area is 190 Å². The van der Waals surface area contributed by atoms with E-state index >= 15 is 0 Å². The van der Waals surface area contributed by atoms with Gasteiger partial charge < -0.3 is 15.2 Å². The third-order valence-corrected chi connectivity index (χ3v) is 6.10. The summed E-state index contributed by atoms with van der Waals surface area (Å²) in [6.07, 6.45) is 3.40. The van der Waals surface area contributed by atoms with Crippen molar-refractivity contribution in [1.29, 1.82) is 0 Å². The number of nitrogen functional groups attached to an aromatic ring is 1. The van der Waals surface area contributed by atoms with E-state index in [2.05, 4.69) is 9.97 Å². The van der Waals surface area contributed by atoms with Gasteiger partial charge in [0, 0.05) is 49.6 Å². The van der Waals surface area contributed by atoms with Crippen LogP contribution in [0, 0.1) is 0 Å². The van der Waals surface area contributed by atoms with Crippen LogP contribution in [0.3, 0.4) is 0 Å². The fraction of sp³-hybridized carbons (Fsp3) is 0.240. The number of carbonyl (C=O) groups is 1. The maximum atomic E-state index is 13.1. The zero-order valence-corrected chi connectivity index (χ0v) is 18.3. The quantitative estimate of drug-likeness (QED) is 0.525. The maximum Gasteiger partial charge on any atom is 0.255 e. The van der Waals surface area contributed by atoms with E-state index in [9.17, 15) is 9.59 Å². The Hall–Kier alpha value is -4.07. The number of rotatable bonds is 3. The van der Waals surface area contributed by atoms with Crippen LogP contribution >= 0.6 is 0 Å². The Balaban J connectivity index is 1.44. The number of anilines is 1. The largest absolute Gasteiger partial charge is 0.383 e. The summed E-state index contributed by atoms with van der Waals surface area (Å²) in [7, 11) is 1.65. The van der Waals surface area contributed by atoms with Crippen molar-refractivity contribution in [2.75, 3.05) is 18.8 Å². The maximum absolute atomic E-state index is 13.1. The monoisotopic (exact) mass is 440 g/mol. The molecule has 1 saturated heterocycles. The molecule has 1 amide bonds. The standard InChI is InChI=1S/C25H24N6O2/c1-30-14-18(9-12-21(30)32)25(33)31-13-5-8-17(15-31)20-11-10-19-22(26)28-23(29-24(19)27-20)16-6-3-2-4-7-16/h2-4,6-7,9-12,14,17H,5,8,13,15H2,1H3,(H2,26,27,28,29). The van der Waals surface area contributed by atoms with Crippen LogP contribution in [0.15, 0.2) is 65.6 Å². The molecule has 8 nitrogen and oxygen atoms in total. The van der Waals surface area contributed by atoms with Crippen molar-refractivity contribution in [2.24, 2.45) is 7.05 Å². The van der Waals surface area contributed by atoms with E-state index in [0.717, 1.165) is 24.1 Å². The van der Waals surface area contributed by atoms with Gasteiger partial charge in [0.25, 0.3) is 5.91 Å². The number of nitrogens with zero attached hydrogens (tertiary/aromatic N) is 5. The Morgan fingerprint density at radius 3 is 2.64 bits per heavy atom. The third-order valence-electron chi connectivity index (χ3n) is 6.10. The summed E-state index contributed by atoms with van der Waals surface area (Å²) in [6.45, 7) is 1.24. The van der Waals surface area contributed by atoms with E-state index in [1.807, 2.05) is 47.4 Å². The van der Waals surface area contributed by atoms with Gasteiger partial charge in [-0.1, -0.05) is 30.3 Å². The number of likely N-dealkylation sites (tertiary alicyclic amines) is 1. The van der Waals surface area contributed by atoms with Gasteiger partial charge in [-0.25, -0.2) is 15.0 Å². The topological polar surface area (TPSA) is 107 Å². The van der Waals surface area contributed by atoms with Gasteiger partial charge in [0.2, 0.25) is 5.56 Å². The number of fused-ring (bicyclic) bond motifs is 1. The van der Waals surface area contributed by atoms with Crippen molar-refractivity contribution in [2.45, 2.75) is 18.8 Å². The number of aryl methyl sites for hydroxylation is 1. The molecule has 0 spiro atoms. The van der Waals surface area contributed by atoms with Crippen molar-refractivity contribution >= 4 is 22.8 Å². The number of aromatic nitrogens is 4. The molecule has 0 aliphatic carbocycles. The summed E-state index contributed by atoms with van der Waals surface area (Å²) < 4.78 is 1.42. The highest BCUT2D eigenvalue weighted by Gasteiger charge is 2.27. The number of piperidine rings is 1. The van der Waals surface area contributed by atoms with Crippen LogP contribution in [-0.4, -0.2) is 43.4 Å². The summed E-state index contributed by atoms with van der Waals surface area (Å²) >= 11 is 0. The second-order valence-electron chi connectivity index (χ2n) is 8.36. The molecule has 1 atom stereocenters. The second-order valence-corrected chi connectivity index (χ2v) is 8.36. The third kappa shape index (κ3) is 4.07. The lowest BCUT2D eigenvalue weighted by Crippen LogP contribution is -2.39. The van der Waals surface area contributed by atoms with Crippen LogP contribution in [0.25, 0.3) is 22.4 Å². The lowest BCUT2D eigenvalue weighted by atomic mass is 9.93. The minimum Gasteiger partial charge on any atom is -0.383 e. The number of hydrogen-bond acceptors (Lipinski definition) is 6. The first-order chi connectivity index (χ1) is 16.0. The van der Waals surface area contributed by atoms with Crippen LogP contribution in [0.2, 0.25) is 0 Å². The minimum absolute atomic E-state index is 0.0750. The van der Waals surface area contributed by atoms with Gasteiger partial charge in [0.15, 0.2) is 11.5 Å². The molecule has 3 aromatic heterocycles. The van der Waals surface area contributed by atoms with Crippen molar-refractivity contribution in [3.8, 4) is 11.4 Å². The number of nitrogens with two attached hydrogens (primary N) is 1. The highest BCUT2D eigenvalue weighted by Crippen LogP contribution is 2.29. The number of amides is 1. The summed E-state index contributed by atoms with van der Waals surface area (Å²) in [6, 6.07) is 16.6. The second kappa shape index (κ2) is 8.46. The first-order valence-corrected chi connectivity index (χ1v) is 10.9. The molecule has 4 aromatic rings. The van der Waals surface area contributed by atoms with Crippen LogP contribution in [0.1, 0.15) is 34.8 Å². The van der Waals surface area contributed by atoms with Crippen molar-refractivity contribution in [3.63, 3.8) is 0 Å². The normalized spacial score (nSPS) is 16.2. The predicted molar refractivity (Wildman–Crippen MR) is 127 cm³/mol. The Morgan fingerprint density at radius 2 is 1.85 bits per heavy atom. The van der Waals surface area contributed by atoms with Crippen molar-refractivity contribution < 1.29 is 4.79 Å². The summed E-state index contributed by atoms with van der Waals surface area (Å²) in [4.78, 5) is 40.5. The molecule has 4 heterocycles. The number of carbonyl (C=O) groups excluding carboxylic acids is 1. The van der Waals surface area contributed by atoms with Crippen molar-refractivity contribution in [1.82, 2.24) is 24.4 Å². The molecule has 1 aliphatic heterocycles. The van der Waals surface area contributed by atoms with Gasteiger partial charge >= 0.3 is 0 Å². The molecule has 2 N–H and O–H groups in total. The molecule has 8 heteroatoms. The number of pyridine rings is 2. The van der Waals surface area contributed by atoms with E-state index in [1.54, 1.807) is 19.3 Å². The zero-order valence-electron chi connectivity index (χ0n) is 18.3. The molecule has 1 unspecified atom stereocenters. The van der Waals surface area contributed by atoms with E-state index in [4.69, 9.17) is 10.7 Å². The van der Waals surface area contributed by atoms with Gasteiger partial charge in [-0.3, -0.25) is 9.59 Å². The molecule has 0 radical (unpaired) electrons. The van der Waals surface area contributed by atoms with Crippen LogP contribution < -0.4 is 11.3 Å². The summed E-state index contributed by atoms with van der Waals surface area (Å²) in [5.41, 5.74) is 8.90. The van der Waals surface area contributed by atoms with Gasteiger partial charge in [-0.05, 0) is 31.0 Å². The average molecular weight is 441 g/mol. The average Bonchev–Trinajstić information content (AvgIpc) is 2.85. The highest BCUT2D eigenvalue weighted by molar-refractivity contribution is 5.94. The fourth-order valence-electron chi connectivity index (χ4n) is 4.30. The first kappa shape index (κ1) is 20.8. The lowest BCUT2D eigenvalue weighted by Gasteiger charge is -2.32. The zero-order chi connectivity index (χ0) is 22.9. The first-order valence-electron chi connectivity index (χ1n) is 10.9. The molecule has 1 aromatic carbocycles. The predicted octanol–water partition coefficient (Wildman–Crippen LogP) is 2.99. The molecule has 166 valence electrons. The molecule has 5 rings (SSSR count). The van der Waals surface area contributed by atoms with E-state index in [-0.39, 0.29) is 17.4 Å². The Morgan fingerprint density at radius 1 is 1.03 bits per heavy atom. The van der Waals surface area contributed by atoms with Crippen molar-refractivity contribution in [3.05, 3.63) is 82.4 Å². The van der Waals surface area contributed by atoms with Gasteiger partial charge in [0.05, 0.1) is 10.9 Å². The Kier molecular flexibility index (Phi) is 5.34. The van der Waals surface area contributed by atoms with E-state index in [0.29, 0.717) is 41.3 Å². The van der Waals surface area contributed by atoms with Gasteiger partial charge in [-0.15, -0.1) is 0 Å². The fourth-order valence-corrected chi connectivity index (χ4v) is 4.30. The lowest BCUT2D eigenvalue weighted by molar-refractivity contribution is 0.0705. The van der Waals surface area contributed by atoms with Crippen LogP contribution in [0.5, 0.6) is 0 Å². The number of benzene rings is 1. The minimum atomic E-state index is -0.139. The summed E-state index contributed by atoms with van der Waals surface area (Å²) in [5.74, 6) is 0.957. The Bertz CT molecular complexity index is 1400. The smallest absolute Gasteiger partial charge is 0.255 e. The summed E-state index contributed by atoms with van der Waals surface area (Å²) in [5, 5.41) is 0.715. The molecule has 33 heavy (non-hydrogen) atoms. The SMILES string of the molecule is Cn1cc(C(=O)N2CCCC(c3ccc4c(N)nc(-c5ccccc5)nc4n3)C2)ccc1=O.